The Hall–Kier alpha value is -1.87. The van der Waals surface area contributed by atoms with E-state index in [0.29, 0.717) is 31.2 Å². The second kappa shape index (κ2) is 9.89. The molecule has 0 aromatic heterocycles. The second-order valence-electron chi connectivity index (χ2n) is 6.74. The highest BCUT2D eigenvalue weighted by Crippen LogP contribution is 2.31. The molecule has 1 heterocycles. The van der Waals surface area contributed by atoms with E-state index >= 15 is 0 Å². The van der Waals surface area contributed by atoms with Crippen molar-refractivity contribution in [1.82, 2.24) is 10.2 Å². The molecule has 1 aliphatic rings. The smallest absolute Gasteiger partial charge is 0.189 e. The standard InChI is InChI=1S/C20H25FN4O.HI/c1-25(2)13-15-8-7-14(11-17(15)21)12-23-20(22)24-18-9-10-26-19-6-4-3-5-16(18)19;/h3-8,11,18H,9-10,12-13H2,1-2H3,(H3,22,23,24);1H. The number of fused-ring (bicyclic) bond motifs is 1. The normalized spacial score (nSPS) is 16.3. The molecule has 1 unspecified atom stereocenters. The van der Waals surface area contributed by atoms with E-state index in [1.807, 2.05) is 49.3 Å². The SMILES string of the molecule is CN(C)Cc1ccc(CN=C(N)NC2CCOc3ccccc32)cc1F.I. The summed E-state index contributed by atoms with van der Waals surface area (Å²) >= 11 is 0. The highest BCUT2D eigenvalue weighted by molar-refractivity contribution is 14.0. The largest absolute Gasteiger partial charge is 0.493 e. The Balaban J connectivity index is 0.00000261. The summed E-state index contributed by atoms with van der Waals surface area (Å²) < 4.78 is 19.8. The van der Waals surface area contributed by atoms with E-state index in [1.165, 1.54) is 6.07 Å². The van der Waals surface area contributed by atoms with Crippen LogP contribution in [-0.4, -0.2) is 31.6 Å². The number of nitrogens with zero attached hydrogens (tertiary/aromatic N) is 2. The molecule has 0 amide bonds. The van der Waals surface area contributed by atoms with Crippen molar-refractivity contribution in [2.24, 2.45) is 10.7 Å². The minimum Gasteiger partial charge on any atom is -0.493 e. The van der Waals surface area contributed by atoms with Crippen molar-refractivity contribution in [3.63, 3.8) is 0 Å². The minimum atomic E-state index is -0.212. The lowest BCUT2D eigenvalue weighted by Gasteiger charge is -2.26. The summed E-state index contributed by atoms with van der Waals surface area (Å²) in [5.74, 6) is 1.02. The second-order valence-corrected chi connectivity index (χ2v) is 6.74. The fourth-order valence-corrected chi connectivity index (χ4v) is 3.05. The molecule has 0 aliphatic carbocycles. The van der Waals surface area contributed by atoms with Crippen LogP contribution in [0, 0.1) is 5.82 Å². The predicted octanol–water partition coefficient (Wildman–Crippen LogP) is 3.43. The van der Waals surface area contributed by atoms with Gasteiger partial charge in [0.05, 0.1) is 19.2 Å². The number of hydrogen-bond donors (Lipinski definition) is 2. The monoisotopic (exact) mass is 484 g/mol. The molecule has 0 bridgehead atoms. The number of halogens is 2. The van der Waals surface area contributed by atoms with Crippen molar-refractivity contribution in [2.45, 2.75) is 25.6 Å². The molecule has 0 radical (unpaired) electrons. The summed E-state index contributed by atoms with van der Waals surface area (Å²) in [5, 5.41) is 3.24. The number of nitrogens with two attached hydrogens (primary N) is 1. The Bertz CT molecular complexity index is 797. The molecular weight excluding hydrogens is 458 g/mol. The molecule has 0 spiro atoms. The van der Waals surface area contributed by atoms with E-state index in [-0.39, 0.29) is 35.8 Å². The van der Waals surface area contributed by atoms with E-state index in [1.54, 1.807) is 6.07 Å². The third-order valence-electron chi connectivity index (χ3n) is 4.32. The number of para-hydroxylation sites is 1. The van der Waals surface area contributed by atoms with Crippen molar-refractivity contribution in [3.8, 4) is 5.75 Å². The van der Waals surface area contributed by atoms with Crippen LogP contribution in [0.3, 0.4) is 0 Å². The molecular formula is C20H26FIN4O. The molecule has 3 rings (SSSR count). The fraction of sp³-hybridized carbons (Fsp3) is 0.350. The van der Waals surface area contributed by atoms with Gasteiger partial charge in [-0.3, -0.25) is 0 Å². The predicted molar refractivity (Wildman–Crippen MR) is 117 cm³/mol. The lowest BCUT2D eigenvalue weighted by atomic mass is 10.0. The van der Waals surface area contributed by atoms with Gasteiger partial charge in [-0.25, -0.2) is 9.38 Å². The van der Waals surface area contributed by atoms with Crippen LogP contribution in [0.5, 0.6) is 5.75 Å². The van der Waals surface area contributed by atoms with Crippen LogP contribution in [0.4, 0.5) is 4.39 Å². The average molecular weight is 484 g/mol. The Morgan fingerprint density at radius 3 is 2.81 bits per heavy atom. The molecule has 27 heavy (non-hydrogen) atoms. The molecule has 2 aromatic carbocycles. The van der Waals surface area contributed by atoms with Gasteiger partial charge in [0, 0.05) is 24.1 Å². The summed E-state index contributed by atoms with van der Waals surface area (Å²) in [4.78, 5) is 6.29. The quantitative estimate of drug-likeness (QED) is 0.388. The van der Waals surface area contributed by atoms with Gasteiger partial charge in [0.15, 0.2) is 5.96 Å². The summed E-state index contributed by atoms with van der Waals surface area (Å²) in [7, 11) is 3.83. The minimum absolute atomic E-state index is 0. The highest BCUT2D eigenvalue weighted by Gasteiger charge is 2.21. The molecule has 0 fully saturated rings. The highest BCUT2D eigenvalue weighted by atomic mass is 127. The van der Waals surface area contributed by atoms with E-state index in [0.717, 1.165) is 23.3 Å². The van der Waals surface area contributed by atoms with E-state index in [9.17, 15) is 4.39 Å². The molecule has 1 atom stereocenters. The van der Waals surface area contributed by atoms with Crippen molar-refractivity contribution in [2.75, 3.05) is 20.7 Å². The average Bonchev–Trinajstić information content (AvgIpc) is 2.62. The molecule has 5 nitrogen and oxygen atoms in total. The summed E-state index contributed by atoms with van der Waals surface area (Å²) in [6.45, 7) is 1.55. The summed E-state index contributed by atoms with van der Waals surface area (Å²) in [5.41, 5.74) is 8.59. The zero-order chi connectivity index (χ0) is 18.5. The first-order chi connectivity index (χ1) is 12.5. The third kappa shape index (κ3) is 5.80. The number of rotatable bonds is 5. The summed E-state index contributed by atoms with van der Waals surface area (Å²) in [6.07, 6.45) is 0.821. The molecule has 146 valence electrons. The van der Waals surface area contributed by atoms with Gasteiger partial charge in [-0.2, -0.15) is 0 Å². The number of ether oxygens (including phenoxy) is 1. The molecule has 7 heteroatoms. The number of hydrogen-bond acceptors (Lipinski definition) is 3. The molecule has 0 saturated heterocycles. The Morgan fingerprint density at radius 2 is 2.07 bits per heavy atom. The van der Waals surface area contributed by atoms with Gasteiger partial charge in [-0.15, -0.1) is 24.0 Å². The van der Waals surface area contributed by atoms with Gasteiger partial charge in [-0.05, 0) is 31.8 Å². The first kappa shape index (κ1) is 21.4. The Labute approximate surface area is 176 Å². The lowest BCUT2D eigenvalue weighted by molar-refractivity contribution is 0.262. The lowest BCUT2D eigenvalue weighted by Crippen LogP contribution is -2.37. The topological polar surface area (TPSA) is 62.9 Å². The van der Waals surface area contributed by atoms with Gasteiger partial charge in [0.1, 0.15) is 11.6 Å². The van der Waals surface area contributed by atoms with Crippen LogP contribution in [0.15, 0.2) is 47.5 Å². The number of guanidine groups is 1. The van der Waals surface area contributed by atoms with Crippen LogP contribution in [0.25, 0.3) is 0 Å². The zero-order valence-corrected chi connectivity index (χ0v) is 17.9. The van der Waals surface area contributed by atoms with Gasteiger partial charge in [-0.1, -0.05) is 30.3 Å². The van der Waals surface area contributed by atoms with Crippen LogP contribution in [0.2, 0.25) is 0 Å². The van der Waals surface area contributed by atoms with Gasteiger partial charge in [0.2, 0.25) is 0 Å². The molecule has 2 aromatic rings. The van der Waals surface area contributed by atoms with E-state index < -0.39 is 0 Å². The Morgan fingerprint density at radius 1 is 1.30 bits per heavy atom. The maximum Gasteiger partial charge on any atom is 0.189 e. The maximum atomic E-state index is 14.1. The van der Waals surface area contributed by atoms with Crippen molar-refractivity contribution < 1.29 is 9.13 Å². The zero-order valence-electron chi connectivity index (χ0n) is 15.6. The number of benzene rings is 2. The van der Waals surface area contributed by atoms with Crippen molar-refractivity contribution >= 4 is 29.9 Å². The van der Waals surface area contributed by atoms with Gasteiger partial charge in [0.25, 0.3) is 0 Å². The van der Waals surface area contributed by atoms with Crippen molar-refractivity contribution in [3.05, 3.63) is 65.0 Å². The fourth-order valence-electron chi connectivity index (χ4n) is 3.05. The first-order valence-corrected chi connectivity index (χ1v) is 8.73. The van der Waals surface area contributed by atoms with Crippen LogP contribution >= 0.6 is 24.0 Å². The van der Waals surface area contributed by atoms with E-state index in [4.69, 9.17) is 10.5 Å². The number of aliphatic imine (C=N–C) groups is 1. The number of nitrogens with one attached hydrogen (secondary N) is 1. The molecule has 3 N–H and O–H groups in total. The van der Waals surface area contributed by atoms with E-state index in [2.05, 4.69) is 10.3 Å². The summed E-state index contributed by atoms with van der Waals surface area (Å²) in [6, 6.07) is 13.2. The molecule has 0 saturated carbocycles. The van der Waals surface area contributed by atoms with Gasteiger partial charge >= 0.3 is 0 Å². The van der Waals surface area contributed by atoms with Crippen LogP contribution in [0.1, 0.15) is 29.2 Å². The molecule has 1 aliphatic heterocycles. The van der Waals surface area contributed by atoms with Gasteiger partial charge < -0.3 is 20.7 Å². The van der Waals surface area contributed by atoms with Crippen molar-refractivity contribution in [1.29, 1.82) is 0 Å². The Kier molecular flexibility index (Phi) is 7.85. The van der Waals surface area contributed by atoms with Crippen LogP contribution < -0.4 is 15.8 Å². The maximum absolute atomic E-state index is 14.1. The third-order valence-corrected chi connectivity index (χ3v) is 4.32. The first-order valence-electron chi connectivity index (χ1n) is 8.73. The van der Waals surface area contributed by atoms with Crippen LogP contribution in [-0.2, 0) is 13.1 Å².